The van der Waals surface area contributed by atoms with Crippen molar-refractivity contribution in [3.63, 3.8) is 0 Å². The highest BCUT2D eigenvalue weighted by Crippen LogP contribution is 2.65. The van der Waals surface area contributed by atoms with Gasteiger partial charge in [-0.05, 0) is 144 Å². The van der Waals surface area contributed by atoms with Crippen LogP contribution in [0.15, 0.2) is 296 Å². The van der Waals surface area contributed by atoms with E-state index in [0.717, 1.165) is 61.3 Å². The van der Waals surface area contributed by atoms with E-state index in [9.17, 15) is 0 Å². The van der Waals surface area contributed by atoms with E-state index in [4.69, 9.17) is 4.42 Å². The third-order valence-electron chi connectivity index (χ3n) is 19.2. The number of rotatable bonds is 5. The molecule has 1 atom stereocenters. The maximum absolute atomic E-state index is 6.63. The molecule has 384 valence electrons. The molecule has 4 aliphatic rings. The Bertz CT molecular complexity index is 5240. The predicted molar refractivity (Wildman–Crippen MR) is 341 cm³/mol. The minimum Gasteiger partial charge on any atom is -0.455 e. The van der Waals surface area contributed by atoms with E-state index < -0.39 is 10.8 Å². The van der Waals surface area contributed by atoms with Crippen molar-refractivity contribution >= 4 is 60.8 Å². The van der Waals surface area contributed by atoms with Gasteiger partial charge in [-0.15, -0.1) is 0 Å². The number of hydrogen-bond donors (Lipinski definition) is 0. The lowest BCUT2D eigenvalue weighted by molar-refractivity contribution is 0.670. The Balaban J connectivity index is 0.850. The SMILES string of the molecule is c1ccc(N(c2ccc(-c3cccc4c3oc3ccccc34)cc2)c2ccc3c(c2)C2(c4ccccc4-c4ccccc42)c2ccccc2-3)c(-c2ccc3c(c2)C2(c4ccccc4-3)c3ccccc3-n3c4ccccc4c4cccc2c43)c1. The molecule has 83 heavy (non-hydrogen) atoms. The molecule has 0 bridgehead atoms. The Morgan fingerprint density at radius 1 is 0.289 bits per heavy atom. The zero-order valence-electron chi connectivity index (χ0n) is 45.0. The topological polar surface area (TPSA) is 21.3 Å². The second-order valence-corrected chi connectivity index (χ2v) is 22.9. The number of nitrogens with zero attached hydrogens (tertiary/aromatic N) is 2. The van der Waals surface area contributed by atoms with Gasteiger partial charge < -0.3 is 13.9 Å². The van der Waals surface area contributed by atoms with E-state index in [2.05, 4.69) is 295 Å². The van der Waals surface area contributed by atoms with Crippen molar-refractivity contribution in [2.45, 2.75) is 10.8 Å². The van der Waals surface area contributed by atoms with Crippen molar-refractivity contribution in [2.75, 3.05) is 4.90 Å². The molecule has 13 aromatic carbocycles. The lowest BCUT2D eigenvalue weighted by atomic mass is 9.65. The van der Waals surface area contributed by atoms with Gasteiger partial charge in [0.25, 0.3) is 0 Å². The quantitative estimate of drug-likeness (QED) is 0.171. The summed E-state index contributed by atoms with van der Waals surface area (Å²) in [4.78, 5) is 2.51. The van der Waals surface area contributed by atoms with Crippen LogP contribution >= 0.6 is 0 Å². The zero-order valence-corrected chi connectivity index (χ0v) is 45.0. The van der Waals surface area contributed by atoms with Crippen LogP contribution in [0.5, 0.6) is 0 Å². The number of benzene rings is 13. The molecule has 0 fully saturated rings. The predicted octanol–water partition coefficient (Wildman–Crippen LogP) is 20.5. The average Bonchev–Trinajstić information content (AvgIpc) is 1.62. The standard InChI is InChI=1S/C80H48N2O/c1-8-29-65-55(20-1)56-21-2-9-30-66(56)79(65)67-31-10-3-23-58(67)60-46-44-52(48-72(60)79)81(51-42-39-49(40-43-51)54-26-17-28-64-62-25-7-16-38-76(62)83-78(54)64)73-35-13-5-19-53(73)50-41-45-59-57-22-4-11-32-68(57)80(71(59)47-50)69-33-12-15-37-75(69)82-74-36-14-6-24-61(74)63-27-18-34-70(80)77(63)82/h1-48H. The first-order valence-electron chi connectivity index (χ1n) is 28.9. The van der Waals surface area contributed by atoms with Crippen molar-refractivity contribution in [2.24, 2.45) is 0 Å². The molecule has 1 aliphatic heterocycles. The molecule has 19 rings (SSSR count). The summed E-state index contributed by atoms with van der Waals surface area (Å²) in [6.07, 6.45) is 0. The lowest BCUT2D eigenvalue weighted by Crippen LogP contribution is -2.33. The summed E-state index contributed by atoms with van der Waals surface area (Å²) in [5, 5.41) is 4.80. The number of anilines is 3. The van der Waals surface area contributed by atoms with E-state index in [1.165, 1.54) is 105 Å². The van der Waals surface area contributed by atoms with E-state index in [1.807, 2.05) is 6.07 Å². The highest BCUT2D eigenvalue weighted by Gasteiger charge is 2.53. The van der Waals surface area contributed by atoms with Crippen LogP contribution in [0.2, 0.25) is 0 Å². The number of fused-ring (bicyclic) bond motifs is 25. The highest BCUT2D eigenvalue weighted by molar-refractivity contribution is 6.13. The number of hydrogen-bond acceptors (Lipinski definition) is 2. The molecule has 15 aromatic rings. The minimum atomic E-state index is -0.591. The van der Waals surface area contributed by atoms with Gasteiger partial charge in [-0.2, -0.15) is 0 Å². The fourth-order valence-electron chi connectivity index (χ4n) is 16.1. The number of aromatic nitrogens is 1. The van der Waals surface area contributed by atoms with Crippen LogP contribution in [0.4, 0.5) is 17.1 Å². The third-order valence-corrected chi connectivity index (χ3v) is 19.2. The lowest BCUT2D eigenvalue weighted by Gasteiger charge is -2.39. The largest absolute Gasteiger partial charge is 0.455 e. The van der Waals surface area contributed by atoms with Crippen LogP contribution in [0.1, 0.15) is 44.5 Å². The molecule has 1 unspecified atom stereocenters. The minimum absolute atomic E-state index is 0.510. The smallest absolute Gasteiger partial charge is 0.143 e. The van der Waals surface area contributed by atoms with E-state index >= 15 is 0 Å². The van der Waals surface area contributed by atoms with Crippen LogP contribution in [0.3, 0.4) is 0 Å². The Morgan fingerprint density at radius 3 is 1.47 bits per heavy atom. The fourth-order valence-corrected chi connectivity index (χ4v) is 16.1. The molecule has 0 amide bonds. The molecule has 2 aromatic heterocycles. The Labute approximate surface area is 479 Å². The van der Waals surface area contributed by atoms with E-state index in [1.54, 1.807) is 0 Å². The van der Waals surface area contributed by atoms with Crippen LogP contribution in [-0.2, 0) is 10.8 Å². The summed E-state index contributed by atoms with van der Waals surface area (Å²) >= 11 is 0. The van der Waals surface area contributed by atoms with Gasteiger partial charge in [0.2, 0.25) is 0 Å². The molecule has 0 radical (unpaired) electrons. The number of para-hydroxylation sites is 6. The summed E-state index contributed by atoms with van der Waals surface area (Å²) < 4.78 is 9.16. The van der Waals surface area contributed by atoms with Crippen molar-refractivity contribution in [3.8, 4) is 61.3 Å². The molecule has 3 nitrogen and oxygen atoms in total. The Morgan fingerprint density at radius 2 is 0.759 bits per heavy atom. The van der Waals surface area contributed by atoms with Crippen molar-refractivity contribution in [3.05, 3.63) is 336 Å². The summed E-state index contributed by atoms with van der Waals surface area (Å²) in [5.74, 6) is 0. The molecule has 2 spiro atoms. The van der Waals surface area contributed by atoms with E-state index in [-0.39, 0.29) is 0 Å². The molecular formula is C80H48N2O. The Kier molecular flexibility index (Phi) is 8.92. The van der Waals surface area contributed by atoms with Crippen molar-refractivity contribution < 1.29 is 4.42 Å². The zero-order chi connectivity index (χ0) is 54.1. The van der Waals surface area contributed by atoms with Gasteiger partial charge in [-0.25, -0.2) is 0 Å². The van der Waals surface area contributed by atoms with Crippen LogP contribution in [-0.4, -0.2) is 4.57 Å². The monoisotopic (exact) mass is 1050 g/mol. The first kappa shape index (κ1) is 45.0. The molecule has 3 heteroatoms. The second kappa shape index (κ2) is 16.4. The van der Waals surface area contributed by atoms with E-state index in [0.29, 0.717) is 0 Å². The van der Waals surface area contributed by atoms with Crippen LogP contribution in [0, 0.1) is 0 Å². The van der Waals surface area contributed by atoms with Gasteiger partial charge in [0.1, 0.15) is 11.2 Å². The van der Waals surface area contributed by atoms with Crippen LogP contribution < -0.4 is 4.90 Å². The average molecular weight is 1050 g/mol. The number of furan rings is 1. The van der Waals surface area contributed by atoms with Gasteiger partial charge in [0, 0.05) is 44.0 Å². The van der Waals surface area contributed by atoms with Crippen molar-refractivity contribution in [1.82, 2.24) is 4.57 Å². The maximum atomic E-state index is 6.63. The van der Waals surface area contributed by atoms with Crippen molar-refractivity contribution in [1.29, 1.82) is 0 Å². The third kappa shape index (κ3) is 5.68. The summed E-state index contributed by atoms with van der Waals surface area (Å²) in [6, 6.07) is 109. The summed E-state index contributed by atoms with van der Waals surface area (Å²) in [5.41, 5.74) is 30.3. The first-order valence-corrected chi connectivity index (χ1v) is 28.9. The highest BCUT2D eigenvalue weighted by atomic mass is 16.3. The summed E-state index contributed by atoms with van der Waals surface area (Å²) in [6.45, 7) is 0. The second-order valence-electron chi connectivity index (χ2n) is 22.9. The van der Waals surface area contributed by atoms with Gasteiger partial charge >= 0.3 is 0 Å². The molecule has 0 saturated heterocycles. The summed E-state index contributed by atoms with van der Waals surface area (Å²) in [7, 11) is 0. The normalized spacial score (nSPS) is 15.1. The molecular weight excluding hydrogens is 1000 g/mol. The molecule has 0 N–H and O–H groups in total. The maximum Gasteiger partial charge on any atom is 0.143 e. The molecule has 3 heterocycles. The first-order chi connectivity index (χ1) is 41.2. The van der Waals surface area contributed by atoms with Gasteiger partial charge in [-0.1, -0.05) is 237 Å². The van der Waals surface area contributed by atoms with Gasteiger partial charge in [-0.3, -0.25) is 0 Å². The van der Waals surface area contributed by atoms with Crippen LogP contribution in [0.25, 0.3) is 105 Å². The Hall–Kier alpha value is -10.7. The van der Waals surface area contributed by atoms with Gasteiger partial charge in [0.15, 0.2) is 0 Å². The fraction of sp³-hybridized carbons (Fsp3) is 0.0250. The molecule has 3 aliphatic carbocycles. The van der Waals surface area contributed by atoms with Gasteiger partial charge in [0.05, 0.1) is 33.2 Å². The molecule has 0 saturated carbocycles.